The lowest BCUT2D eigenvalue weighted by molar-refractivity contribution is -0.157. The van der Waals surface area contributed by atoms with Gasteiger partial charge in [-0.2, -0.15) is 0 Å². The number of hydrogen-bond donors (Lipinski definition) is 1. The maximum absolute atomic E-state index is 14.7. The number of aromatic nitrogens is 1. The van der Waals surface area contributed by atoms with Crippen LogP contribution in [0, 0.1) is 30.0 Å². The average molecular weight is 470 g/mol. The Morgan fingerprint density at radius 3 is 2.54 bits per heavy atom. The Balaban J connectivity index is 1.24. The van der Waals surface area contributed by atoms with Crippen LogP contribution in [0.2, 0.25) is 0 Å². The Bertz CT molecular complexity index is 1490. The predicted octanol–water partition coefficient (Wildman–Crippen LogP) is 6.75. The number of benzene rings is 3. The molecule has 1 spiro atoms. The van der Waals surface area contributed by atoms with E-state index in [1.165, 1.54) is 22.4 Å². The minimum absolute atomic E-state index is 0.0399. The summed E-state index contributed by atoms with van der Waals surface area (Å²) in [5.41, 5.74) is 3.67. The van der Waals surface area contributed by atoms with Gasteiger partial charge in [-0.1, -0.05) is 35.9 Å². The van der Waals surface area contributed by atoms with Crippen molar-refractivity contribution in [3.63, 3.8) is 0 Å². The Hall–Kier alpha value is -3.47. The molecule has 0 radical (unpaired) electrons. The number of aryl methyl sites for hydroxylation is 1. The fourth-order valence-electron chi connectivity index (χ4n) is 6.53. The molecule has 0 saturated heterocycles. The minimum Gasteiger partial charge on any atom is -0.481 e. The normalized spacial score (nSPS) is 23.4. The summed E-state index contributed by atoms with van der Waals surface area (Å²) in [7, 11) is 0. The van der Waals surface area contributed by atoms with Crippen molar-refractivity contribution in [2.45, 2.75) is 45.6 Å². The molecule has 4 nitrogen and oxygen atoms in total. The van der Waals surface area contributed by atoms with Crippen molar-refractivity contribution in [3.8, 4) is 0 Å². The van der Waals surface area contributed by atoms with Crippen LogP contribution in [0.4, 0.5) is 4.39 Å². The third kappa shape index (κ3) is 3.83. The zero-order valence-corrected chi connectivity index (χ0v) is 19.8. The number of ketones is 1. The summed E-state index contributed by atoms with van der Waals surface area (Å²) in [5.74, 6) is -0.916. The molecule has 5 heteroatoms. The van der Waals surface area contributed by atoms with Gasteiger partial charge in [-0.25, -0.2) is 4.39 Å². The molecule has 1 heterocycles. The Kier molecular flexibility index (Phi) is 5.06. The van der Waals surface area contributed by atoms with Gasteiger partial charge in [-0.15, -0.1) is 0 Å². The molecule has 2 aliphatic rings. The summed E-state index contributed by atoms with van der Waals surface area (Å²) in [5, 5.41) is 12.0. The van der Waals surface area contributed by atoms with Gasteiger partial charge in [0.15, 0.2) is 5.78 Å². The van der Waals surface area contributed by atoms with Gasteiger partial charge in [0.25, 0.3) is 0 Å². The van der Waals surface area contributed by atoms with Gasteiger partial charge < -0.3 is 9.67 Å². The molecule has 4 aromatic rings. The topological polar surface area (TPSA) is 59.3 Å². The Morgan fingerprint density at radius 2 is 1.77 bits per heavy atom. The van der Waals surface area contributed by atoms with Gasteiger partial charge in [0.1, 0.15) is 5.82 Å². The number of nitrogens with zero attached hydrogens (tertiary/aromatic N) is 1. The molecule has 0 atom stereocenters. The number of halogens is 1. The molecule has 0 aliphatic heterocycles. The molecule has 6 rings (SSSR count). The van der Waals surface area contributed by atoms with E-state index in [9.17, 15) is 14.0 Å². The van der Waals surface area contributed by atoms with Crippen molar-refractivity contribution in [1.29, 1.82) is 0 Å². The Labute approximate surface area is 203 Å². The zero-order chi connectivity index (χ0) is 24.3. The number of fused-ring (bicyclic) bond motifs is 2. The zero-order valence-electron chi connectivity index (χ0n) is 19.8. The third-order valence-corrected chi connectivity index (χ3v) is 8.21. The highest BCUT2D eigenvalue weighted by molar-refractivity contribution is 6.07. The number of hydrogen-bond acceptors (Lipinski definition) is 2. The molecule has 2 aliphatic carbocycles. The van der Waals surface area contributed by atoms with Gasteiger partial charge in [-0.05, 0) is 84.5 Å². The summed E-state index contributed by atoms with van der Waals surface area (Å²) in [4.78, 5) is 24.5. The number of carbonyl (C=O) groups excluding carboxylic acids is 1. The van der Waals surface area contributed by atoms with Crippen LogP contribution >= 0.6 is 0 Å². The standard InChI is InChI=1S/C30H28FNO3/c1-18-2-4-21-5-3-19(11-22(21)10-18)17-32-9-8-24-26(31)7-6-25(28(24)32)27(33)12-20-13-30(14-20)15-23(16-30)29(34)35/h2-11,20,23H,12-17H2,1H3,(H,34,35). The van der Waals surface area contributed by atoms with E-state index >= 15 is 0 Å². The molecule has 3 aromatic carbocycles. The van der Waals surface area contributed by atoms with E-state index in [1.54, 1.807) is 12.1 Å². The van der Waals surface area contributed by atoms with Gasteiger partial charge >= 0.3 is 5.97 Å². The van der Waals surface area contributed by atoms with Crippen LogP contribution in [0.1, 0.15) is 53.6 Å². The number of carboxylic acid groups (broad SMARTS) is 1. The van der Waals surface area contributed by atoms with Gasteiger partial charge in [0, 0.05) is 30.1 Å². The summed E-state index contributed by atoms with van der Waals surface area (Å²) in [6.45, 7) is 2.63. The first-order valence-electron chi connectivity index (χ1n) is 12.3. The van der Waals surface area contributed by atoms with Crippen molar-refractivity contribution >= 4 is 33.4 Å². The minimum atomic E-state index is -0.703. The van der Waals surface area contributed by atoms with E-state index < -0.39 is 5.97 Å². The second-order valence-electron chi connectivity index (χ2n) is 10.8. The molecule has 2 fully saturated rings. The number of aliphatic carboxylic acids is 1. The molecule has 2 saturated carbocycles. The van der Waals surface area contributed by atoms with E-state index in [0.29, 0.717) is 29.4 Å². The lowest BCUT2D eigenvalue weighted by Gasteiger charge is -2.56. The second kappa shape index (κ2) is 8.04. The van der Waals surface area contributed by atoms with Gasteiger partial charge in [0.2, 0.25) is 0 Å². The highest BCUT2D eigenvalue weighted by Crippen LogP contribution is 2.62. The predicted molar refractivity (Wildman–Crippen MR) is 134 cm³/mol. The van der Waals surface area contributed by atoms with Crippen LogP contribution in [-0.2, 0) is 11.3 Å². The van der Waals surface area contributed by atoms with E-state index in [0.717, 1.165) is 31.2 Å². The number of Topliss-reactive ketones (excluding diaryl/α,β-unsaturated/α-hetero) is 1. The van der Waals surface area contributed by atoms with E-state index in [2.05, 4.69) is 43.3 Å². The van der Waals surface area contributed by atoms with Crippen molar-refractivity contribution in [2.75, 3.05) is 0 Å². The maximum atomic E-state index is 14.7. The lowest BCUT2D eigenvalue weighted by Crippen LogP contribution is -2.50. The smallest absolute Gasteiger partial charge is 0.306 e. The van der Waals surface area contributed by atoms with E-state index in [-0.39, 0.29) is 28.9 Å². The number of carbonyl (C=O) groups is 2. The molecular weight excluding hydrogens is 441 g/mol. The lowest BCUT2D eigenvalue weighted by atomic mass is 9.47. The van der Waals surface area contributed by atoms with Gasteiger partial charge in [0.05, 0.1) is 11.4 Å². The highest BCUT2D eigenvalue weighted by Gasteiger charge is 2.54. The van der Waals surface area contributed by atoms with Crippen LogP contribution in [0.3, 0.4) is 0 Å². The largest absolute Gasteiger partial charge is 0.481 e. The SMILES string of the molecule is Cc1ccc2ccc(Cn3ccc4c(F)ccc(C(=O)CC5CC6(C5)CC(C(=O)O)C6)c43)cc2c1. The second-order valence-corrected chi connectivity index (χ2v) is 10.8. The van der Waals surface area contributed by atoms with Crippen molar-refractivity contribution in [3.05, 3.63) is 83.3 Å². The highest BCUT2D eigenvalue weighted by atomic mass is 19.1. The quantitative estimate of drug-likeness (QED) is 0.318. The first-order valence-corrected chi connectivity index (χ1v) is 12.3. The molecule has 178 valence electrons. The van der Waals surface area contributed by atoms with E-state index in [4.69, 9.17) is 5.11 Å². The molecule has 0 amide bonds. The fraction of sp³-hybridized carbons (Fsp3) is 0.333. The third-order valence-electron chi connectivity index (χ3n) is 8.21. The van der Waals surface area contributed by atoms with Crippen LogP contribution in [0.5, 0.6) is 0 Å². The first-order chi connectivity index (χ1) is 16.8. The molecule has 35 heavy (non-hydrogen) atoms. The van der Waals surface area contributed by atoms with Crippen molar-refractivity contribution in [1.82, 2.24) is 4.57 Å². The number of carboxylic acids is 1. The van der Waals surface area contributed by atoms with Gasteiger partial charge in [-0.3, -0.25) is 9.59 Å². The monoisotopic (exact) mass is 469 g/mol. The van der Waals surface area contributed by atoms with Crippen LogP contribution in [0.15, 0.2) is 60.8 Å². The first kappa shape index (κ1) is 22.0. The fourth-order valence-corrected chi connectivity index (χ4v) is 6.53. The molecule has 0 unspecified atom stereocenters. The molecular formula is C30H28FNO3. The summed E-state index contributed by atoms with van der Waals surface area (Å²) in [6, 6.07) is 17.5. The van der Waals surface area contributed by atoms with Crippen LogP contribution < -0.4 is 0 Å². The molecule has 0 bridgehead atoms. The van der Waals surface area contributed by atoms with Crippen LogP contribution in [0.25, 0.3) is 21.7 Å². The number of rotatable bonds is 6. The van der Waals surface area contributed by atoms with Crippen molar-refractivity contribution < 1.29 is 19.1 Å². The summed E-state index contributed by atoms with van der Waals surface area (Å²) < 4.78 is 16.6. The summed E-state index contributed by atoms with van der Waals surface area (Å²) in [6.07, 6.45) is 5.61. The van der Waals surface area contributed by atoms with E-state index in [1.807, 2.05) is 10.8 Å². The maximum Gasteiger partial charge on any atom is 0.306 e. The Morgan fingerprint density at radius 1 is 1.00 bits per heavy atom. The summed E-state index contributed by atoms with van der Waals surface area (Å²) >= 11 is 0. The molecule has 1 aromatic heterocycles. The average Bonchev–Trinajstić information content (AvgIpc) is 3.18. The van der Waals surface area contributed by atoms with Crippen LogP contribution in [-0.4, -0.2) is 21.4 Å². The van der Waals surface area contributed by atoms with Crippen molar-refractivity contribution in [2.24, 2.45) is 17.3 Å². The molecule has 1 N–H and O–H groups in total.